The Labute approximate surface area is 70.7 Å². The molecule has 2 bridgehead atoms. The molecule has 2 aliphatic rings. The van der Waals surface area contributed by atoms with Crippen LogP contribution in [0, 0.1) is 11.8 Å². The van der Waals surface area contributed by atoms with Crippen molar-refractivity contribution in [1.82, 2.24) is 0 Å². The van der Waals surface area contributed by atoms with E-state index in [4.69, 9.17) is 5.73 Å². The Morgan fingerprint density at radius 1 is 1.27 bits per heavy atom. The van der Waals surface area contributed by atoms with Crippen molar-refractivity contribution in [1.29, 1.82) is 0 Å². The van der Waals surface area contributed by atoms with Gasteiger partial charge in [-0.05, 0) is 19.3 Å². The van der Waals surface area contributed by atoms with Gasteiger partial charge in [0.15, 0.2) is 0 Å². The van der Waals surface area contributed by atoms with Crippen molar-refractivity contribution in [3.8, 4) is 0 Å². The molecule has 11 heavy (non-hydrogen) atoms. The fourth-order valence-electron chi connectivity index (χ4n) is 2.34. The number of hydrogen-bond donors (Lipinski definition) is 1. The molecule has 0 amide bonds. The molecule has 2 N–H and O–H groups in total. The van der Waals surface area contributed by atoms with Crippen LogP contribution in [-0.2, 0) is 0 Å². The first-order valence-electron chi connectivity index (χ1n) is 3.75. The number of rotatable bonds is 0. The first-order chi connectivity index (χ1) is 4.62. The van der Waals surface area contributed by atoms with Gasteiger partial charge in [0.05, 0.1) is 0 Å². The van der Waals surface area contributed by atoms with Crippen molar-refractivity contribution in [3.05, 3.63) is 0 Å². The molecule has 2 fully saturated rings. The molecular weight excluding hydrogens is 172 g/mol. The van der Waals surface area contributed by atoms with Crippen molar-refractivity contribution in [2.45, 2.75) is 31.2 Å². The highest BCUT2D eigenvalue weighted by Crippen LogP contribution is 2.54. The Morgan fingerprint density at radius 3 is 2.09 bits per heavy atom. The zero-order chi connectivity index (χ0) is 7.35. The molecule has 2 aliphatic carbocycles. The van der Waals surface area contributed by atoms with Gasteiger partial charge in [-0.2, -0.15) is 0 Å². The lowest BCUT2D eigenvalue weighted by Crippen LogP contribution is -2.31. The Kier molecular flexibility index (Phi) is 2.14. The summed E-state index contributed by atoms with van der Waals surface area (Å²) < 4.78 is 25.9. The van der Waals surface area contributed by atoms with Gasteiger partial charge in [0.2, 0.25) is 0 Å². The lowest BCUT2D eigenvalue weighted by molar-refractivity contribution is -0.0463. The quantitative estimate of drug-likeness (QED) is 0.609. The molecule has 1 nitrogen and oxygen atoms in total. The van der Waals surface area contributed by atoms with Crippen molar-refractivity contribution < 1.29 is 8.78 Å². The minimum Gasteiger partial charge on any atom is -0.327 e. The van der Waals surface area contributed by atoms with Crippen LogP contribution in [-0.4, -0.2) is 12.0 Å². The van der Waals surface area contributed by atoms with Crippen LogP contribution in [0.5, 0.6) is 0 Å². The normalized spacial score (nSPS) is 45.5. The first kappa shape index (κ1) is 9.20. The van der Waals surface area contributed by atoms with Crippen molar-refractivity contribution in [2.24, 2.45) is 17.6 Å². The van der Waals surface area contributed by atoms with Crippen LogP contribution in [0.3, 0.4) is 0 Å². The summed E-state index contributed by atoms with van der Waals surface area (Å²) in [5.41, 5.74) is 5.52. The second-order valence-corrected chi connectivity index (χ2v) is 3.45. The van der Waals surface area contributed by atoms with Gasteiger partial charge in [-0.1, -0.05) is 0 Å². The predicted molar refractivity (Wildman–Crippen MR) is 41.0 cm³/mol. The lowest BCUT2D eigenvalue weighted by Gasteiger charge is -2.16. The summed E-state index contributed by atoms with van der Waals surface area (Å²) in [6.07, 6.45) is 1.86. The van der Waals surface area contributed by atoms with E-state index in [2.05, 4.69) is 0 Å². The fraction of sp³-hybridized carbons (Fsp3) is 1.00. The first-order valence-corrected chi connectivity index (χ1v) is 3.75. The van der Waals surface area contributed by atoms with E-state index in [1.54, 1.807) is 0 Å². The molecule has 0 aliphatic heterocycles. The minimum absolute atomic E-state index is 0. The molecule has 0 aromatic rings. The Balaban J connectivity index is 0.000000605. The number of nitrogens with two attached hydrogens (primary N) is 1. The van der Waals surface area contributed by atoms with E-state index >= 15 is 0 Å². The zero-order valence-electron chi connectivity index (χ0n) is 6.09. The van der Waals surface area contributed by atoms with Crippen molar-refractivity contribution in [2.75, 3.05) is 0 Å². The lowest BCUT2D eigenvalue weighted by atomic mass is 9.96. The summed E-state index contributed by atoms with van der Waals surface area (Å²) >= 11 is 0. The summed E-state index contributed by atoms with van der Waals surface area (Å²) in [6, 6.07) is -0.228. The van der Waals surface area contributed by atoms with E-state index in [9.17, 15) is 8.78 Å². The maximum Gasteiger partial charge on any atom is 0.255 e. The molecule has 0 radical (unpaired) electrons. The maximum atomic E-state index is 13.0. The standard InChI is InChI=1S/C7H11F2N.ClH/c8-7(9)4-1-2-5(7)6(10)3-4;/h4-6H,1-3,10H2;1H. The number of hydrogen-bond acceptors (Lipinski definition) is 1. The van der Waals surface area contributed by atoms with Gasteiger partial charge in [0.25, 0.3) is 5.92 Å². The monoisotopic (exact) mass is 183 g/mol. The Morgan fingerprint density at radius 2 is 1.91 bits per heavy atom. The van der Waals surface area contributed by atoms with E-state index in [0.29, 0.717) is 19.3 Å². The van der Waals surface area contributed by atoms with Gasteiger partial charge in [0.1, 0.15) is 0 Å². The van der Waals surface area contributed by atoms with Crippen LogP contribution < -0.4 is 5.73 Å². The SMILES string of the molecule is Cl.NC1CC2CCC1C2(F)F. The van der Waals surface area contributed by atoms with Gasteiger partial charge in [0, 0.05) is 17.9 Å². The highest BCUT2D eigenvalue weighted by atomic mass is 35.5. The average molecular weight is 184 g/mol. The third-order valence-corrected chi connectivity index (χ3v) is 2.94. The smallest absolute Gasteiger partial charge is 0.255 e. The molecule has 2 rings (SSSR count). The highest BCUT2D eigenvalue weighted by molar-refractivity contribution is 5.85. The fourth-order valence-corrected chi connectivity index (χ4v) is 2.34. The molecule has 3 atom stereocenters. The minimum atomic E-state index is -2.43. The highest BCUT2D eigenvalue weighted by Gasteiger charge is 2.59. The maximum absolute atomic E-state index is 13.0. The van der Waals surface area contributed by atoms with Gasteiger partial charge in [-0.25, -0.2) is 8.78 Å². The van der Waals surface area contributed by atoms with E-state index in [-0.39, 0.29) is 18.4 Å². The molecule has 2 saturated carbocycles. The second kappa shape index (κ2) is 2.56. The molecule has 0 heterocycles. The summed E-state index contributed by atoms with van der Waals surface area (Å²) in [6.45, 7) is 0. The Hall–Kier alpha value is 0.110. The largest absolute Gasteiger partial charge is 0.327 e. The molecule has 0 spiro atoms. The number of halogens is 3. The van der Waals surface area contributed by atoms with Crippen molar-refractivity contribution in [3.63, 3.8) is 0 Å². The summed E-state index contributed by atoms with van der Waals surface area (Å²) in [4.78, 5) is 0. The average Bonchev–Trinajstić information content (AvgIpc) is 2.20. The second-order valence-electron chi connectivity index (χ2n) is 3.45. The summed E-state index contributed by atoms with van der Waals surface area (Å²) in [7, 11) is 0. The summed E-state index contributed by atoms with van der Waals surface area (Å²) in [5, 5.41) is 0. The molecular formula is C7H12ClF2N. The van der Waals surface area contributed by atoms with Gasteiger partial charge < -0.3 is 5.73 Å². The topological polar surface area (TPSA) is 26.0 Å². The zero-order valence-corrected chi connectivity index (χ0v) is 6.91. The Bertz CT molecular complexity index is 163. The van der Waals surface area contributed by atoms with Crippen LogP contribution >= 0.6 is 12.4 Å². The van der Waals surface area contributed by atoms with Crippen LogP contribution in [0.4, 0.5) is 8.78 Å². The van der Waals surface area contributed by atoms with Crippen molar-refractivity contribution >= 4 is 12.4 Å². The van der Waals surface area contributed by atoms with Crippen LogP contribution in [0.1, 0.15) is 19.3 Å². The van der Waals surface area contributed by atoms with Gasteiger partial charge >= 0.3 is 0 Å². The van der Waals surface area contributed by atoms with E-state index in [1.807, 2.05) is 0 Å². The molecule has 66 valence electrons. The van der Waals surface area contributed by atoms with Crippen LogP contribution in [0.15, 0.2) is 0 Å². The number of fused-ring (bicyclic) bond motifs is 2. The molecule has 0 aromatic heterocycles. The van der Waals surface area contributed by atoms with E-state index in [1.165, 1.54) is 0 Å². The molecule has 3 unspecified atom stereocenters. The predicted octanol–water partition coefficient (Wildman–Crippen LogP) is 1.80. The van der Waals surface area contributed by atoms with Gasteiger partial charge in [-0.3, -0.25) is 0 Å². The van der Waals surface area contributed by atoms with Crippen LogP contribution in [0.2, 0.25) is 0 Å². The molecule has 0 aromatic carbocycles. The third kappa shape index (κ3) is 1.05. The van der Waals surface area contributed by atoms with E-state index in [0.717, 1.165) is 0 Å². The third-order valence-electron chi connectivity index (χ3n) is 2.94. The van der Waals surface area contributed by atoms with Gasteiger partial charge in [-0.15, -0.1) is 12.4 Å². The van der Waals surface area contributed by atoms with E-state index < -0.39 is 17.8 Å². The molecule has 0 saturated heterocycles. The molecule has 4 heteroatoms. The van der Waals surface area contributed by atoms with Crippen LogP contribution in [0.25, 0.3) is 0 Å². The summed E-state index contributed by atoms with van der Waals surface area (Å²) in [5.74, 6) is -3.33. The number of alkyl halides is 2.